The summed E-state index contributed by atoms with van der Waals surface area (Å²) >= 11 is 0. The fourth-order valence-electron chi connectivity index (χ4n) is 2.94. The van der Waals surface area contributed by atoms with Crippen molar-refractivity contribution in [2.24, 2.45) is 5.73 Å². The van der Waals surface area contributed by atoms with Crippen LogP contribution in [0.1, 0.15) is 23.2 Å². The van der Waals surface area contributed by atoms with Crippen LogP contribution in [0.4, 0.5) is 13.2 Å². The van der Waals surface area contributed by atoms with Gasteiger partial charge < -0.3 is 10.3 Å². The van der Waals surface area contributed by atoms with Crippen LogP contribution >= 0.6 is 0 Å². The molecule has 0 bridgehead atoms. The SMILES string of the molecule is NCc1c(C(F)(F)F)n2c3c(cccc13)CCC2. The summed E-state index contributed by atoms with van der Waals surface area (Å²) in [7, 11) is 0. The molecule has 0 saturated carbocycles. The molecule has 0 aliphatic carbocycles. The van der Waals surface area contributed by atoms with Crippen molar-refractivity contribution in [1.82, 2.24) is 4.57 Å². The molecular formula is C13H13F3N2. The lowest BCUT2D eigenvalue weighted by atomic mass is 10.0. The molecule has 2 heterocycles. The average molecular weight is 254 g/mol. The Bertz CT molecular complexity index is 611. The third-order valence-electron chi connectivity index (χ3n) is 3.57. The molecule has 2 aromatic rings. The number of alkyl halides is 3. The van der Waals surface area contributed by atoms with E-state index in [1.54, 1.807) is 6.07 Å². The summed E-state index contributed by atoms with van der Waals surface area (Å²) in [4.78, 5) is 0. The first kappa shape index (κ1) is 11.6. The molecule has 0 atom stereocenters. The van der Waals surface area contributed by atoms with E-state index >= 15 is 0 Å². The number of benzene rings is 1. The molecular weight excluding hydrogens is 241 g/mol. The number of nitrogens with zero attached hydrogens (tertiary/aromatic N) is 1. The zero-order valence-corrected chi connectivity index (χ0v) is 9.72. The van der Waals surface area contributed by atoms with Crippen LogP contribution in [0.5, 0.6) is 0 Å². The minimum absolute atomic E-state index is 0.0816. The largest absolute Gasteiger partial charge is 0.431 e. The van der Waals surface area contributed by atoms with Gasteiger partial charge in [-0.15, -0.1) is 0 Å². The summed E-state index contributed by atoms with van der Waals surface area (Å²) in [5, 5.41) is 0.655. The maximum Gasteiger partial charge on any atom is 0.431 e. The number of aryl methyl sites for hydroxylation is 2. The predicted molar refractivity (Wildman–Crippen MR) is 63.2 cm³/mol. The van der Waals surface area contributed by atoms with Crippen molar-refractivity contribution >= 4 is 10.9 Å². The van der Waals surface area contributed by atoms with Crippen LogP contribution in [0.3, 0.4) is 0 Å². The normalized spacial score (nSPS) is 15.3. The summed E-state index contributed by atoms with van der Waals surface area (Å²) in [6, 6.07) is 5.45. The van der Waals surface area contributed by atoms with Crippen LogP contribution in [-0.4, -0.2) is 4.57 Å². The first-order valence-corrected chi connectivity index (χ1v) is 5.94. The summed E-state index contributed by atoms with van der Waals surface area (Å²) < 4.78 is 41.0. The standard InChI is InChI=1S/C13H13F3N2/c14-13(15,16)12-10(7-17)9-5-1-3-8-4-2-6-18(12)11(8)9/h1,3,5H,2,4,6-7,17H2. The maximum absolute atomic E-state index is 13.2. The van der Waals surface area contributed by atoms with E-state index in [0.717, 1.165) is 23.9 Å². The van der Waals surface area contributed by atoms with Gasteiger partial charge in [0.2, 0.25) is 0 Å². The van der Waals surface area contributed by atoms with E-state index in [4.69, 9.17) is 5.73 Å². The average Bonchev–Trinajstić information content (AvgIpc) is 2.66. The Morgan fingerprint density at radius 1 is 1.28 bits per heavy atom. The fourth-order valence-corrected chi connectivity index (χ4v) is 2.94. The van der Waals surface area contributed by atoms with Gasteiger partial charge in [0.1, 0.15) is 5.69 Å². The fraction of sp³-hybridized carbons (Fsp3) is 0.385. The highest BCUT2D eigenvalue weighted by atomic mass is 19.4. The quantitative estimate of drug-likeness (QED) is 0.833. The molecule has 1 aliphatic rings. The molecule has 0 radical (unpaired) electrons. The third-order valence-corrected chi connectivity index (χ3v) is 3.57. The lowest BCUT2D eigenvalue weighted by Gasteiger charge is -2.19. The molecule has 0 unspecified atom stereocenters. The molecule has 2 nitrogen and oxygen atoms in total. The monoisotopic (exact) mass is 254 g/mol. The molecule has 3 rings (SSSR count). The number of hydrogen-bond acceptors (Lipinski definition) is 1. The summed E-state index contributed by atoms with van der Waals surface area (Å²) in [5.41, 5.74) is 6.91. The number of para-hydroxylation sites is 1. The van der Waals surface area contributed by atoms with Gasteiger partial charge >= 0.3 is 6.18 Å². The smallest absolute Gasteiger partial charge is 0.336 e. The molecule has 0 fully saturated rings. The molecule has 18 heavy (non-hydrogen) atoms. The van der Waals surface area contributed by atoms with Crippen molar-refractivity contribution in [2.45, 2.75) is 32.1 Å². The van der Waals surface area contributed by atoms with E-state index in [9.17, 15) is 13.2 Å². The number of rotatable bonds is 1. The van der Waals surface area contributed by atoms with Crippen molar-refractivity contribution in [3.8, 4) is 0 Å². The van der Waals surface area contributed by atoms with Crippen molar-refractivity contribution in [2.75, 3.05) is 0 Å². The van der Waals surface area contributed by atoms with Crippen molar-refractivity contribution < 1.29 is 13.2 Å². The summed E-state index contributed by atoms with van der Waals surface area (Å²) in [6.07, 6.45) is -2.76. The van der Waals surface area contributed by atoms with Crippen molar-refractivity contribution in [3.05, 3.63) is 35.0 Å². The van der Waals surface area contributed by atoms with Gasteiger partial charge in [0.25, 0.3) is 0 Å². The molecule has 1 aromatic heterocycles. The maximum atomic E-state index is 13.2. The number of aromatic nitrogens is 1. The van der Waals surface area contributed by atoms with Crippen LogP contribution in [0.25, 0.3) is 10.9 Å². The topological polar surface area (TPSA) is 30.9 Å². The minimum Gasteiger partial charge on any atom is -0.336 e. The second kappa shape index (κ2) is 3.75. The zero-order chi connectivity index (χ0) is 12.9. The molecule has 96 valence electrons. The van der Waals surface area contributed by atoms with Crippen LogP contribution < -0.4 is 5.73 Å². The van der Waals surface area contributed by atoms with Gasteiger partial charge in [-0.25, -0.2) is 0 Å². The first-order valence-electron chi connectivity index (χ1n) is 5.94. The number of hydrogen-bond donors (Lipinski definition) is 1. The number of halogens is 3. The Morgan fingerprint density at radius 3 is 2.72 bits per heavy atom. The van der Waals surface area contributed by atoms with E-state index < -0.39 is 11.9 Å². The Labute approximate surface area is 102 Å². The van der Waals surface area contributed by atoms with Crippen molar-refractivity contribution in [3.63, 3.8) is 0 Å². The van der Waals surface area contributed by atoms with Crippen LogP contribution in [0, 0.1) is 0 Å². The van der Waals surface area contributed by atoms with E-state index in [2.05, 4.69) is 0 Å². The zero-order valence-electron chi connectivity index (χ0n) is 9.72. The Kier molecular flexibility index (Phi) is 2.41. The minimum atomic E-state index is -4.34. The van der Waals surface area contributed by atoms with Gasteiger partial charge in [-0.05, 0) is 18.4 Å². The van der Waals surface area contributed by atoms with Gasteiger partial charge in [0.15, 0.2) is 0 Å². The molecule has 0 spiro atoms. The molecule has 2 N–H and O–H groups in total. The second-order valence-corrected chi connectivity index (χ2v) is 4.60. The Hall–Kier alpha value is -1.49. The van der Waals surface area contributed by atoms with Gasteiger partial charge in [-0.3, -0.25) is 0 Å². The molecule has 1 aliphatic heterocycles. The molecule has 1 aromatic carbocycles. The highest BCUT2D eigenvalue weighted by Crippen LogP contribution is 2.40. The van der Waals surface area contributed by atoms with Crippen molar-refractivity contribution in [1.29, 1.82) is 0 Å². The van der Waals surface area contributed by atoms with Crippen LogP contribution in [0.15, 0.2) is 18.2 Å². The third kappa shape index (κ3) is 1.47. The second-order valence-electron chi connectivity index (χ2n) is 4.60. The summed E-state index contributed by atoms with van der Waals surface area (Å²) in [6.45, 7) is 0.337. The van der Waals surface area contributed by atoms with E-state index in [0.29, 0.717) is 11.9 Å². The van der Waals surface area contributed by atoms with E-state index in [-0.39, 0.29) is 12.1 Å². The number of nitrogens with two attached hydrogens (primary N) is 1. The Morgan fingerprint density at radius 2 is 2.06 bits per heavy atom. The highest BCUT2D eigenvalue weighted by Gasteiger charge is 2.39. The summed E-state index contributed by atoms with van der Waals surface area (Å²) in [5.74, 6) is 0. The molecule has 0 saturated heterocycles. The van der Waals surface area contributed by atoms with Gasteiger partial charge in [0, 0.05) is 24.0 Å². The molecule has 0 amide bonds. The predicted octanol–water partition coefficient (Wildman–Crippen LogP) is 3.07. The highest BCUT2D eigenvalue weighted by molar-refractivity contribution is 5.89. The van der Waals surface area contributed by atoms with Crippen LogP contribution in [0.2, 0.25) is 0 Å². The van der Waals surface area contributed by atoms with E-state index in [1.807, 2.05) is 12.1 Å². The van der Waals surface area contributed by atoms with Gasteiger partial charge in [-0.1, -0.05) is 18.2 Å². The van der Waals surface area contributed by atoms with Crippen LogP contribution in [-0.2, 0) is 25.7 Å². The van der Waals surface area contributed by atoms with Gasteiger partial charge in [-0.2, -0.15) is 13.2 Å². The van der Waals surface area contributed by atoms with Gasteiger partial charge in [0.05, 0.1) is 5.52 Å². The lowest BCUT2D eigenvalue weighted by Crippen LogP contribution is -2.19. The van der Waals surface area contributed by atoms with E-state index in [1.165, 1.54) is 4.57 Å². The lowest BCUT2D eigenvalue weighted by molar-refractivity contribution is -0.144. The first-order chi connectivity index (χ1) is 8.54. The molecule has 5 heteroatoms. The Balaban J connectivity index is 2.46.